The highest BCUT2D eigenvalue weighted by molar-refractivity contribution is 5.80. The molecule has 1 N–H and O–H groups in total. The van der Waals surface area contributed by atoms with E-state index < -0.39 is 0 Å². The SMILES string of the molecule is O=C(COc1ccc2nc3n(c(=O)c2c1)CCCCC3)NC1CCCCCCC1. The van der Waals surface area contributed by atoms with Gasteiger partial charge >= 0.3 is 0 Å². The van der Waals surface area contributed by atoms with Crippen LogP contribution in [0.3, 0.4) is 0 Å². The van der Waals surface area contributed by atoms with Crippen LogP contribution in [0.2, 0.25) is 0 Å². The summed E-state index contributed by atoms with van der Waals surface area (Å²) in [4.78, 5) is 30.0. The van der Waals surface area contributed by atoms with E-state index in [-0.39, 0.29) is 24.1 Å². The number of amides is 1. The minimum Gasteiger partial charge on any atom is -0.484 e. The first-order valence-corrected chi connectivity index (χ1v) is 11.2. The van der Waals surface area contributed by atoms with Gasteiger partial charge < -0.3 is 10.1 Å². The van der Waals surface area contributed by atoms with Crippen molar-refractivity contribution in [1.82, 2.24) is 14.9 Å². The van der Waals surface area contributed by atoms with Crippen LogP contribution >= 0.6 is 0 Å². The third-order valence-corrected chi connectivity index (χ3v) is 6.13. The van der Waals surface area contributed by atoms with Crippen LogP contribution in [0.1, 0.15) is 70.0 Å². The standard InChI is InChI=1S/C23H31N3O3/c27-22(24-17-9-5-2-1-3-6-10-17)16-29-18-12-13-20-19(15-18)23(28)26-14-8-4-7-11-21(26)25-20/h12-13,15,17H,1-11,14,16H2,(H,24,27). The molecule has 1 aliphatic carbocycles. The zero-order valence-corrected chi connectivity index (χ0v) is 17.1. The monoisotopic (exact) mass is 397 g/mol. The molecule has 1 saturated carbocycles. The van der Waals surface area contributed by atoms with E-state index in [1.54, 1.807) is 16.7 Å². The van der Waals surface area contributed by atoms with Crippen molar-refractivity contribution in [2.45, 2.75) is 83.2 Å². The van der Waals surface area contributed by atoms with Crippen LogP contribution in [0.15, 0.2) is 23.0 Å². The number of aromatic nitrogens is 2. The average Bonchev–Trinajstić information content (AvgIpc) is 2.94. The molecule has 0 spiro atoms. The Hall–Kier alpha value is -2.37. The molecule has 0 atom stereocenters. The number of fused-ring (bicyclic) bond motifs is 2. The summed E-state index contributed by atoms with van der Waals surface area (Å²) < 4.78 is 7.52. The average molecular weight is 398 g/mol. The second kappa shape index (κ2) is 9.42. The highest BCUT2D eigenvalue weighted by Crippen LogP contribution is 2.20. The number of hydrogen-bond acceptors (Lipinski definition) is 4. The molecular formula is C23H31N3O3. The lowest BCUT2D eigenvalue weighted by Crippen LogP contribution is -2.38. The number of rotatable bonds is 4. The van der Waals surface area contributed by atoms with Crippen molar-refractivity contribution < 1.29 is 9.53 Å². The van der Waals surface area contributed by atoms with Crippen molar-refractivity contribution in [3.8, 4) is 5.75 Å². The minimum atomic E-state index is -0.0903. The summed E-state index contributed by atoms with van der Waals surface area (Å²) in [5.74, 6) is 1.33. The molecule has 0 radical (unpaired) electrons. The fourth-order valence-corrected chi connectivity index (χ4v) is 4.51. The van der Waals surface area contributed by atoms with Gasteiger partial charge in [-0.3, -0.25) is 14.2 Å². The third kappa shape index (κ3) is 4.98. The summed E-state index contributed by atoms with van der Waals surface area (Å²) in [5.41, 5.74) is 0.700. The minimum absolute atomic E-state index is 0.00341. The van der Waals surface area contributed by atoms with E-state index in [0.717, 1.165) is 50.9 Å². The number of benzene rings is 1. The molecule has 4 rings (SSSR count). The Morgan fingerprint density at radius 3 is 2.66 bits per heavy atom. The van der Waals surface area contributed by atoms with E-state index in [1.807, 2.05) is 6.07 Å². The molecule has 6 heteroatoms. The lowest BCUT2D eigenvalue weighted by Gasteiger charge is -2.21. The van der Waals surface area contributed by atoms with E-state index in [0.29, 0.717) is 16.7 Å². The van der Waals surface area contributed by atoms with Crippen molar-refractivity contribution in [3.63, 3.8) is 0 Å². The number of aryl methyl sites for hydroxylation is 1. The highest BCUT2D eigenvalue weighted by atomic mass is 16.5. The van der Waals surface area contributed by atoms with Crippen LogP contribution in [0.25, 0.3) is 10.9 Å². The number of nitrogens with zero attached hydrogens (tertiary/aromatic N) is 2. The van der Waals surface area contributed by atoms with Crippen LogP contribution < -0.4 is 15.6 Å². The van der Waals surface area contributed by atoms with Gasteiger partial charge in [0.2, 0.25) is 0 Å². The summed E-state index contributed by atoms with van der Waals surface area (Å²) in [6, 6.07) is 5.61. The number of hydrogen-bond donors (Lipinski definition) is 1. The van der Waals surface area contributed by atoms with E-state index in [4.69, 9.17) is 9.72 Å². The lowest BCUT2D eigenvalue weighted by molar-refractivity contribution is -0.123. The zero-order chi connectivity index (χ0) is 20.1. The fraction of sp³-hybridized carbons (Fsp3) is 0.609. The molecular weight excluding hydrogens is 366 g/mol. The van der Waals surface area contributed by atoms with Gasteiger partial charge in [-0.05, 0) is 43.9 Å². The summed E-state index contributed by atoms with van der Waals surface area (Å²) in [7, 11) is 0. The second-order valence-electron chi connectivity index (χ2n) is 8.37. The predicted molar refractivity (Wildman–Crippen MR) is 113 cm³/mol. The molecule has 156 valence electrons. The summed E-state index contributed by atoms with van der Waals surface area (Å²) in [6.07, 6.45) is 12.4. The smallest absolute Gasteiger partial charge is 0.261 e. The van der Waals surface area contributed by atoms with Gasteiger partial charge in [0.15, 0.2) is 6.61 Å². The zero-order valence-electron chi connectivity index (χ0n) is 17.1. The topological polar surface area (TPSA) is 73.2 Å². The van der Waals surface area contributed by atoms with E-state index in [9.17, 15) is 9.59 Å². The maximum atomic E-state index is 12.9. The van der Waals surface area contributed by atoms with Crippen LogP contribution in [0.5, 0.6) is 5.75 Å². The molecule has 2 heterocycles. The largest absolute Gasteiger partial charge is 0.484 e. The van der Waals surface area contributed by atoms with Crippen LogP contribution in [0.4, 0.5) is 0 Å². The Labute approximate surface area is 171 Å². The van der Waals surface area contributed by atoms with Crippen molar-refractivity contribution in [2.24, 2.45) is 0 Å². The first-order chi connectivity index (χ1) is 14.2. The van der Waals surface area contributed by atoms with Crippen LogP contribution in [-0.4, -0.2) is 28.1 Å². The quantitative estimate of drug-likeness (QED) is 0.853. The summed E-state index contributed by atoms with van der Waals surface area (Å²) in [5, 5.41) is 3.67. The van der Waals surface area contributed by atoms with Gasteiger partial charge in [0.05, 0.1) is 10.9 Å². The Bertz CT molecular complexity index is 913. The number of carbonyl (C=O) groups is 1. The molecule has 1 amide bonds. The van der Waals surface area contributed by atoms with Gasteiger partial charge in [0.1, 0.15) is 11.6 Å². The molecule has 0 unspecified atom stereocenters. The van der Waals surface area contributed by atoms with E-state index in [1.165, 1.54) is 32.1 Å². The third-order valence-electron chi connectivity index (χ3n) is 6.13. The van der Waals surface area contributed by atoms with Crippen molar-refractivity contribution >= 4 is 16.8 Å². The maximum Gasteiger partial charge on any atom is 0.261 e. The molecule has 1 aromatic carbocycles. The molecule has 1 aromatic heterocycles. The van der Waals surface area contributed by atoms with Gasteiger partial charge in [0, 0.05) is 19.0 Å². The summed E-state index contributed by atoms with van der Waals surface area (Å²) in [6.45, 7) is 0.702. The van der Waals surface area contributed by atoms with Gasteiger partial charge in [-0.25, -0.2) is 4.98 Å². The van der Waals surface area contributed by atoms with Gasteiger partial charge in [-0.1, -0.05) is 38.5 Å². The van der Waals surface area contributed by atoms with Crippen molar-refractivity contribution in [2.75, 3.05) is 6.61 Å². The molecule has 0 bridgehead atoms. The van der Waals surface area contributed by atoms with Gasteiger partial charge in [-0.15, -0.1) is 0 Å². The first kappa shape index (κ1) is 19.9. The van der Waals surface area contributed by atoms with E-state index >= 15 is 0 Å². The molecule has 29 heavy (non-hydrogen) atoms. The molecule has 0 saturated heterocycles. The Morgan fingerprint density at radius 2 is 1.83 bits per heavy atom. The molecule has 2 aliphatic rings. The lowest BCUT2D eigenvalue weighted by atomic mass is 9.97. The first-order valence-electron chi connectivity index (χ1n) is 11.2. The van der Waals surface area contributed by atoms with Gasteiger partial charge in [0.25, 0.3) is 11.5 Å². The summed E-state index contributed by atoms with van der Waals surface area (Å²) >= 11 is 0. The van der Waals surface area contributed by atoms with Crippen molar-refractivity contribution in [3.05, 3.63) is 34.4 Å². The molecule has 1 fully saturated rings. The predicted octanol–water partition coefficient (Wildman–Crippen LogP) is 3.73. The van der Waals surface area contributed by atoms with E-state index in [2.05, 4.69) is 5.32 Å². The number of ether oxygens (including phenoxy) is 1. The maximum absolute atomic E-state index is 12.9. The second-order valence-corrected chi connectivity index (χ2v) is 8.37. The Kier molecular flexibility index (Phi) is 6.47. The molecule has 2 aromatic rings. The normalized spacial score (nSPS) is 18.3. The Balaban J connectivity index is 1.42. The molecule has 1 aliphatic heterocycles. The number of nitrogens with one attached hydrogen (secondary N) is 1. The number of carbonyl (C=O) groups excluding carboxylic acids is 1. The van der Waals surface area contributed by atoms with Crippen LogP contribution in [0, 0.1) is 0 Å². The van der Waals surface area contributed by atoms with Crippen LogP contribution in [-0.2, 0) is 17.8 Å². The van der Waals surface area contributed by atoms with Gasteiger partial charge in [-0.2, -0.15) is 0 Å². The molecule has 6 nitrogen and oxygen atoms in total. The highest BCUT2D eigenvalue weighted by Gasteiger charge is 2.16. The Morgan fingerprint density at radius 1 is 1.07 bits per heavy atom. The van der Waals surface area contributed by atoms with Crippen molar-refractivity contribution in [1.29, 1.82) is 0 Å². The fourth-order valence-electron chi connectivity index (χ4n) is 4.51.